The number of nitrogen functional groups attached to an aromatic ring is 1. The van der Waals surface area contributed by atoms with Gasteiger partial charge >= 0.3 is 0 Å². The van der Waals surface area contributed by atoms with Crippen molar-refractivity contribution in [2.45, 2.75) is 12.3 Å². The van der Waals surface area contributed by atoms with Crippen molar-refractivity contribution in [2.24, 2.45) is 0 Å². The number of nitrogens with zero attached hydrogens (tertiary/aromatic N) is 1. The summed E-state index contributed by atoms with van der Waals surface area (Å²) in [5, 5.41) is 0. The summed E-state index contributed by atoms with van der Waals surface area (Å²) < 4.78 is 25.3. The van der Waals surface area contributed by atoms with Crippen LogP contribution in [0.4, 0.5) is 14.6 Å². The lowest BCUT2D eigenvalue weighted by molar-refractivity contribution is 0.149. The Morgan fingerprint density at radius 1 is 1.62 bits per heavy atom. The van der Waals surface area contributed by atoms with Crippen molar-refractivity contribution in [3.8, 4) is 0 Å². The fourth-order valence-electron chi connectivity index (χ4n) is 0.895. The summed E-state index contributed by atoms with van der Waals surface area (Å²) in [4.78, 5) is 3.75. The number of alkyl halides is 3. The molecule has 0 aromatic carbocycles. The second kappa shape index (κ2) is 4.36. The van der Waals surface area contributed by atoms with Crippen LogP contribution in [0.2, 0.25) is 0 Å². The minimum absolute atomic E-state index is 0.0168. The maximum atomic E-state index is 12.5. The van der Waals surface area contributed by atoms with Gasteiger partial charge in [-0.3, -0.25) is 0 Å². The molecular formula is C7H6ClF2IN2. The van der Waals surface area contributed by atoms with E-state index in [0.717, 1.165) is 0 Å². The van der Waals surface area contributed by atoms with E-state index >= 15 is 0 Å². The highest BCUT2D eigenvalue weighted by molar-refractivity contribution is 14.1. The molecule has 0 saturated carbocycles. The Morgan fingerprint density at radius 3 is 2.69 bits per heavy atom. The summed E-state index contributed by atoms with van der Waals surface area (Å²) in [6.45, 7) is 0. The average molecular weight is 318 g/mol. The molecule has 0 aliphatic rings. The van der Waals surface area contributed by atoms with Crippen molar-refractivity contribution in [3.05, 3.63) is 20.9 Å². The number of pyridine rings is 1. The Hall–Kier alpha value is -0.170. The van der Waals surface area contributed by atoms with E-state index in [1.54, 1.807) is 22.6 Å². The van der Waals surface area contributed by atoms with E-state index < -0.39 is 6.43 Å². The van der Waals surface area contributed by atoms with Crippen LogP contribution in [0.25, 0.3) is 0 Å². The van der Waals surface area contributed by atoms with Gasteiger partial charge in [0.25, 0.3) is 6.43 Å². The minimum atomic E-state index is -2.56. The molecule has 0 unspecified atom stereocenters. The second-order valence-electron chi connectivity index (χ2n) is 2.33. The molecule has 1 aromatic heterocycles. The highest BCUT2D eigenvalue weighted by Crippen LogP contribution is 2.30. The van der Waals surface area contributed by atoms with E-state index in [9.17, 15) is 8.78 Å². The first-order chi connectivity index (χ1) is 6.07. The van der Waals surface area contributed by atoms with Gasteiger partial charge < -0.3 is 5.73 Å². The first-order valence-electron chi connectivity index (χ1n) is 3.34. The Kier molecular flexibility index (Phi) is 3.66. The average Bonchev–Trinajstić information content (AvgIpc) is 2.08. The topological polar surface area (TPSA) is 38.9 Å². The predicted molar refractivity (Wildman–Crippen MR) is 55.9 cm³/mol. The largest absolute Gasteiger partial charge is 0.383 e. The van der Waals surface area contributed by atoms with Crippen LogP contribution >= 0.6 is 34.2 Å². The molecule has 2 nitrogen and oxygen atoms in total. The Labute approximate surface area is 92.6 Å². The van der Waals surface area contributed by atoms with Gasteiger partial charge in [-0.05, 0) is 28.2 Å². The molecule has 1 rings (SSSR count). The molecule has 1 heterocycles. The number of nitrogens with two attached hydrogens (primary N) is 1. The Balaban J connectivity index is 3.32. The van der Waals surface area contributed by atoms with E-state index in [-0.39, 0.29) is 20.8 Å². The van der Waals surface area contributed by atoms with Gasteiger partial charge in [0.1, 0.15) is 5.82 Å². The zero-order chi connectivity index (χ0) is 10.0. The standard InChI is InChI=1S/C7H6ClF2IN2/c8-1-3-2-13-7(12)5(11)4(3)6(9)10/h2,6H,1H2,(H2,12,13). The minimum Gasteiger partial charge on any atom is -0.383 e. The zero-order valence-electron chi connectivity index (χ0n) is 6.40. The second-order valence-corrected chi connectivity index (χ2v) is 3.68. The number of hydrogen-bond donors (Lipinski definition) is 1. The Morgan fingerprint density at radius 2 is 2.23 bits per heavy atom. The fourth-order valence-corrected chi connectivity index (χ4v) is 1.83. The molecule has 0 aliphatic carbocycles. The van der Waals surface area contributed by atoms with Crippen LogP contribution < -0.4 is 5.73 Å². The van der Waals surface area contributed by atoms with Gasteiger partial charge in [-0.25, -0.2) is 13.8 Å². The Bertz CT molecular complexity index is 320. The number of hydrogen-bond acceptors (Lipinski definition) is 2. The van der Waals surface area contributed by atoms with Crippen molar-refractivity contribution in [1.82, 2.24) is 4.98 Å². The molecule has 0 amide bonds. The van der Waals surface area contributed by atoms with Crippen molar-refractivity contribution < 1.29 is 8.78 Å². The molecular weight excluding hydrogens is 312 g/mol. The monoisotopic (exact) mass is 318 g/mol. The summed E-state index contributed by atoms with van der Waals surface area (Å²) in [7, 11) is 0. The van der Waals surface area contributed by atoms with Gasteiger partial charge in [0.15, 0.2) is 0 Å². The summed E-state index contributed by atoms with van der Waals surface area (Å²) in [6, 6.07) is 0. The van der Waals surface area contributed by atoms with Crippen molar-refractivity contribution in [3.63, 3.8) is 0 Å². The first kappa shape index (κ1) is 10.9. The van der Waals surface area contributed by atoms with E-state index in [1.807, 2.05) is 0 Å². The van der Waals surface area contributed by atoms with E-state index in [0.29, 0.717) is 5.56 Å². The normalized spacial score (nSPS) is 10.8. The molecule has 0 fully saturated rings. The van der Waals surface area contributed by atoms with Gasteiger partial charge in [-0.1, -0.05) is 0 Å². The molecule has 0 radical (unpaired) electrons. The van der Waals surface area contributed by atoms with Crippen molar-refractivity contribution in [2.75, 3.05) is 5.73 Å². The predicted octanol–water partition coefficient (Wildman–Crippen LogP) is 2.94. The highest BCUT2D eigenvalue weighted by Gasteiger charge is 2.18. The summed E-state index contributed by atoms with van der Waals surface area (Å²) in [5.74, 6) is 0.132. The molecule has 0 spiro atoms. The molecule has 13 heavy (non-hydrogen) atoms. The molecule has 2 N–H and O–H groups in total. The van der Waals surface area contributed by atoms with Crippen LogP contribution in [-0.2, 0) is 5.88 Å². The first-order valence-corrected chi connectivity index (χ1v) is 4.96. The van der Waals surface area contributed by atoms with Crippen molar-refractivity contribution in [1.29, 1.82) is 0 Å². The van der Waals surface area contributed by atoms with Crippen LogP contribution in [-0.4, -0.2) is 4.98 Å². The molecule has 1 aromatic rings. The quantitative estimate of drug-likeness (QED) is 0.672. The van der Waals surface area contributed by atoms with Gasteiger partial charge in [-0.2, -0.15) is 0 Å². The van der Waals surface area contributed by atoms with Crippen LogP contribution in [0, 0.1) is 3.57 Å². The van der Waals surface area contributed by atoms with Gasteiger partial charge in [-0.15, -0.1) is 11.6 Å². The molecule has 0 aliphatic heterocycles. The lowest BCUT2D eigenvalue weighted by atomic mass is 10.1. The van der Waals surface area contributed by atoms with Gasteiger partial charge in [0.2, 0.25) is 0 Å². The maximum Gasteiger partial charge on any atom is 0.265 e. The summed E-state index contributed by atoms with van der Waals surface area (Å²) in [6.07, 6.45) is -1.28. The van der Waals surface area contributed by atoms with Gasteiger partial charge in [0.05, 0.1) is 3.57 Å². The third kappa shape index (κ3) is 2.19. The van der Waals surface area contributed by atoms with E-state index in [1.165, 1.54) is 6.20 Å². The highest BCUT2D eigenvalue weighted by atomic mass is 127. The van der Waals surface area contributed by atoms with E-state index in [4.69, 9.17) is 17.3 Å². The fraction of sp³-hybridized carbons (Fsp3) is 0.286. The third-order valence-electron chi connectivity index (χ3n) is 1.53. The molecule has 0 bridgehead atoms. The van der Waals surface area contributed by atoms with Gasteiger partial charge in [0, 0.05) is 17.6 Å². The summed E-state index contributed by atoms with van der Waals surface area (Å²) in [5.41, 5.74) is 5.61. The number of halogens is 4. The number of rotatable bonds is 2. The van der Waals surface area contributed by atoms with Crippen LogP contribution in [0.15, 0.2) is 6.20 Å². The molecule has 0 atom stereocenters. The number of aromatic nitrogens is 1. The third-order valence-corrected chi connectivity index (χ3v) is 2.95. The maximum absolute atomic E-state index is 12.5. The van der Waals surface area contributed by atoms with Crippen LogP contribution in [0.5, 0.6) is 0 Å². The lowest BCUT2D eigenvalue weighted by Gasteiger charge is -2.09. The SMILES string of the molecule is Nc1ncc(CCl)c(C(F)F)c1I. The molecule has 72 valence electrons. The van der Waals surface area contributed by atoms with Crippen LogP contribution in [0.1, 0.15) is 17.6 Å². The smallest absolute Gasteiger partial charge is 0.265 e. The molecule has 0 saturated heterocycles. The van der Waals surface area contributed by atoms with Crippen molar-refractivity contribution >= 4 is 40.0 Å². The molecule has 6 heteroatoms. The van der Waals surface area contributed by atoms with E-state index in [2.05, 4.69) is 4.98 Å². The van der Waals surface area contributed by atoms with Crippen LogP contribution in [0.3, 0.4) is 0 Å². The summed E-state index contributed by atoms with van der Waals surface area (Å²) >= 11 is 7.23. The number of anilines is 1. The lowest BCUT2D eigenvalue weighted by Crippen LogP contribution is -2.03. The zero-order valence-corrected chi connectivity index (χ0v) is 9.31.